The van der Waals surface area contributed by atoms with Crippen molar-refractivity contribution in [3.05, 3.63) is 0 Å². The molecule has 0 heterocycles. The zero-order chi connectivity index (χ0) is 10.5. The molecule has 0 spiro atoms. The van der Waals surface area contributed by atoms with Crippen LogP contribution in [0.1, 0.15) is 33.6 Å². The molecule has 1 unspecified atom stereocenters. The van der Waals surface area contributed by atoms with Gasteiger partial charge >= 0.3 is 0 Å². The average molecular weight is 209 g/mol. The molecule has 0 bridgehead atoms. The van der Waals surface area contributed by atoms with E-state index in [4.69, 9.17) is 5.11 Å². The van der Waals surface area contributed by atoms with Crippen LogP contribution in [0.4, 0.5) is 0 Å². The summed E-state index contributed by atoms with van der Waals surface area (Å²) in [5.74, 6) is 0.114. The molecule has 80 valence electrons. The highest BCUT2D eigenvalue weighted by molar-refractivity contribution is 7.89. The van der Waals surface area contributed by atoms with Crippen LogP contribution in [0.15, 0.2) is 0 Å². The fraction of sp³-hybridized carbons (Fsp3) is 1.00. The lowest BCUT2D eigenvalue weighted by Crippen LogP contribution is -2.48. The Kier molecular flexibility index (Phi) is 4.88. The van der Waals surface area contributed by atoms with Crippen LogP contribution in [0.5, 0.6) is 0 Å². The predicted octanol–water partition coefficient (Wildman–Crippen LogP) is 0.477. The van der Waals surface area contributed by atoms with Gasteiger partial charge in [-0.15, -0.1) is 0 Å². The molecule has 4 nitrogen and oxygen atoms in total. The third-order valence-electron chi connectivity index (χ3n) is 2.00. The summed E-state index contributed by atoms with van der Waals surface area (Å²) in [7, 11) is -3.22. The molecule has 0 amide bonds. The normalized spacial score (nSPS) is 16.9. The Labute approximate surface area is 80.4 Å². The summed E-state index contributed by atoms with van der Waals surface area (Å²) in [4.78, 5) is 0. The summed E-state index contributed by atoms with van der Waals surface area (Å²) in [6, 6.07) is 0. The zero-order valence-corrected chi connectivity index (χ0v) is 9.32. The second kappa shape index (κ2) is 4.93. The Hall–Kier alpha value is -0.130. The van der Waals surface area contributed by atoms with Crippen LogP contribution >= 0.6 is 0 Å². The minimum atomic E-state index is -3.22. The first-order valence-corrected chi connectivity index (χ1v) is 6.17. The van der Waals surface area contributed by atoms with Crippen molar-refractivity contribution in [1.82, 2.24) is 4.72 Å². The first kappa shape index (κ1) is 12.9. The molecule has 2 N–H and O–H groups in total. The van der Waals surface area contributed by atoms with E-state index in [9.17, 15) is 8.42 Å². The number of hydrogen-bond donors (Lipinski definition) is 2. The van der Waals surface area contributed by atoms with Gasteiger partial charge < -0.3 is 5.11 Å². The molecular formula is C8H19NO3S. The second-order valence-corrected chi connectivity index (χ2v) is 5.34. The largest absolute Gasteiger partial charge is 0.394 e. The molecule has 0 aromatic carbocycles. The lowest BCUT2D eigenvalue weighted by atomic mass is 10.0. The van der Waals surface area contributed by atoms with Gasteiger partial charge in [-0.25, -0.2) is 13.1 Å². The Balaban J connectivity index is 4.40. The molecule has 0 saturated heterocycles. The summed E-state index contributed by atoms with van der Waals surface area (Å²) in [6.45, 7) is 5.17. The molecule has 0 aliphatic heterocycles. The van der Waals surface area contributed by atoms with Crippen molar-refractivity contribution >= 4 is 10.0 Å². The minimum absolute atomic E-state index is 0.114. The molecule has 13 heavy (non-hydrogen) atoms. The quantitative estimate of drug-likeness (QED) is 0.668. The maximum atomic E-state index is 11.3. The second-order valence-electron chi connectivity index (χ2n) is 3.49. The van der Waals surface area contributed by atoms with Crippen molar-refractivity contribution in [3.63, 3.8) is 0 Å². The van der Waals surface area contributed by atoms with Crippen LogP contribution in [0, 0.1) is 0 Å². The molecule has 0 aliphatic rings. The predicted molar refractivity (Wildman–Crippen MR) is 53.0 cm³/mol. The third-order valence-corrected chi connectivity index (χ3v) is 3.75. The molecule has 0 aromatic heterocycles. The highest BCUT2D eigenvalue weighted by atomic mass is 32.2. The summed E-state index contributed by atoms with van der Waals surface area (Å²) < 4.78 is 25.2. The van der Waals surface area contributed by atoms with Gasteiger partial charge in [-0.1, -0.05) is 13.8 Å². The van der Waals surface area contributed by atoms with Gasteiger partial charge in [0.05, 0.1) is 17.9 Å². The Morgan fingerprint density at radius 2 is 1.92 bits per heavy atom. The van der Waals surface area contributed by atoms with Crippen LogP contribution in [-0.2, 0) is 10.0 Å². The van der Waals surface area contributed by atoms with Crippen LogP contribution in [0.25, 0.3) is 0 Å². The first-order chi connectivity index (χ1) is 5.89. The summed E-state index contributed by atoms with van der Waals surface area (Å²) in [5, 5.41) is 8.99. The number of aliphatic hydroxyl groups is 1. The minimum Gasteiger partial charge on any atom is -0.394 e. The molecule has 0 fully saturated rings. The lowest BCUT2D eigenvalue weighted by molar-refractivity contribution is 0.191. The van der Waals surface area contributed by atoms with Gasteiger partial charge in [-0.2, -0.15) is 0 Å². The van der Waals surface area contributed by atoms with E-state index in [1.54, 1.807) is 6.92 Å². The summed E-state index contributed by atoms with van der Waals surface area (Å²) >= 11 is 0. The van der Waals surface area contributed by atoms with E-state index in [-0.39, 0.29) is 12.4 Å². The number of hydrogen-bond acceptors (Lipinski definition) is 3. The van der Waals surface area contributed by atoms with E-state index >= 15 is 0 Å². The molecule has 0 rings (SSSR count). The van der Waals surface area contributed by atoms with Gasteiger partial charge in [0.15, 0.2) is 0 Å². The van der Waals surface area contributed by atoms with E-state index in [0.717, 1.165) is 0 Å². The highest BCUT2D eigenvalue weighted by Crippen LogP contribution is 2.09. The van der Waals surface area contributed by atoms with Gasteiger partial charge in [0.2, 0.25) is 10.0 Å². The van der Waals surface area contributed by atoms with Gasteiger partial charge in [0.25, 0.3) is 0 Å². The summed E-state index contributed by atoms with van der Waals surface area (Å²) in [6.07, 6.45) is 1.16. The van der Waals surface area contributed by atoms with E-state index in [0.29, 0.717) is 12.8 Å². The number of rotatable bonds is 6. The van der Waals surface area contributed by atoms with Crippen molar-refractivity contribution < 1.29 is 13.5 Å². The lowest BCUT2D eigenvalue weighted by Gasteiger charge is -2.26. The first-order valence-electron chi connectivity index (χ1n) is 4.51. The van der Waals surface area contributed by atoms with Crippen molar-refractivity contribution in [2.24, 2.45) is 0 Å². The van der Waals surface area contributed by atoms with Gasteiger partial charge in [-0.3, -0.25) is 0 Å². The third kappa shape index (κ3) is 4.59. The maximum Gasteiger partial charge on any atom is 0.212 e. The Bertz CT molecular complexity index is 232. The summed E-state index contributed by atoms with van der Waals surface area (Å²) in [5.41, 5.74) is -0.714. The average Bonchev–Trinajstić information content (AvgIpc) is 2.03. The molecule has 5 heteroatoms. The monoisotopic (exact) mass is 209 g/mol. The van der Waals surface area contributed by atoms with E-state index < -0.39 is 15.6 Å². The van der Waals surface area contributed by atoms with Crippen molar-refractivity contribution in [2.75, 3.05) is 12.4 Å². The molecule has 0 saturated carbocycles. The van der Waals surface area contributed by atoms with Crippen molar-refractivity contribution in [2.45, 2.75) is 39.2 Å². The fourth-order valence-electron chi connectivity index (χ4n) is 0.911. The standard InChI is InChI=1S/C8H19NO3S/c1-4-6-13(11,12)9-8(3,5-2)7-10/h9-10H,4-7H2,1-3H3. The Morgan fingerprint density at radius 1 is 1.38 bits per heavy atom. The smallest absolute Gasteiger partial charge is 0.212 e. The SMILES string of the molecule is CCCS(=O)(=O)NC(C)(CC)CO. The van der Waals surface area contributed by atoms with E-state index in [1.807, 2.05) is 13.8 Å². The Morgan fingerprint density at radius 3 is 2.23 bits per heavy atom. The molecule has 0 aliphatic carbocycles. The van der Waals surface area contributed by atoms with Crippen LogP contribution < -0.4 is 4.72 Å². The molecule has 0 aromatic rings. The van der Waals surface area contributed by atoms with Crippen LogP contribution in [0.2, 0.25) is 0 Å². The van der Waals surface area contributed by atoms with Crippen LogP contribution in [-0.4, -0.2) is 31.4 Å². The number of aliphatic hydroxyl groups excluding tert-OH is 1. The number of sulfonamides is 1. The zero-order valence-electron chi connectivity index (χ0n) is 8.50. The molecule has 1 atom stereocenters. The van der Waals surface area contributed by atoms with E-state index in [1.165, 1.54) is 0 Å². The molecular weight excluding hydrogens is 190 g/mol. The maximum absolute atomic E-state index is 11.3. The van der Waals surface area contributed by atoms with Crippen molar-refractivity contribution in [3.8, 4) is 0 Å². The van der Waals surface area contributed by atoms with E-state index in [2.05, 4.69) is 4.72 Å². The number of nitrogens with one attached hydrogen (secondary N) is 1. The topological polar surface area (TPSA) is 66.4 Å². The van der Waals surface area contributed by atoms with Gasteiger partial charge in [0.1, 0.15) is 0 Å². The highest BCUT2D eigenvalue weighted by Gasteiger charge is 2.26. The van der Waals surface area contributed by atoms with Crippen LogP contribution in [0.3, 0.4) is 0 Å². The molecule has 0 radical (unpaired) electrons. The van der Waals surface area contributed by atoms with Gasteiger partial charge in [0, 0.05) is 0 Å². The van der Waals surface area contributed by atoms with Gasteiger partial charge in [-0.05, 0) is 19.8 Å². The van der Waals surface area contributed by atoms with Crippen molar-refractivity contribution in [1.29, 1.82) is 0 Å². The fourth-order valence-corrected chi connectivity index (χ4v) is 2.51.